The minimum Gasteiger partial charge on any atom is -0.501 e. The van der Waals surface area contributed by atoms with Crippen molar-refractivity contribution >= 4 is 22.7 Å². The highest BCUT2D eigenvalue weighted by atomic mass is 32.2. The van der Waals surface area contributed by atoms with Gasteiger partial charge in [0.1, 0.15) is 10.6 Å². The molecule has 0 spiro atoms. The predicted molar refractivity (Wildman–Crippen MR) is 72.5 cm³/mol. The Hall–Kier alpha value is -2.27. The number of hydrogen-bond donors (Lipinski definition) is 1. The van der Waals surface area contributed by atoms with Crippen LogP contribution in [0, 0.1) is 0 Å². The van der Waals surface area contributed by atoms with E-state index in [1.54, 1.807) is 42.6 Å². The molecule has 0 radical (unpaired) electrons. The maximum absolute atomic E-state index is 12.0. The van der Waals surface area contributed by atoms with Crippen LogP contribution < -0.4 is 5.43 Å². The van der Waals surface area contributed by atoms with Crippen LogP contribution in [0.3, 0.4) is 0 Å². The number of rotatable bonds is 2. The summed E-state index contributed by atoms with van der Waals surface area (Å²) in [5.41, 5.74) is 0.0176. The smallest absolute Gasteiger partial charge is 0.235 e. The third kappa shape index (κ3) is 2.20. The van der Waals surface area contributed by atoms with Crippen LogP contribution in [-0.4, -0.2) is 10.1 Å². The Kier molecular flexibility index (Phi) is 2.97. The van der Waals surface area contributed by atoms with E-state index in [1.165, 1.54) is 0 Å². The molecule has 0 atom stereocenters. The van der Waals surface area contributed by atoms with Crippen LogP contribution in [0.1, 0.15) is 0 Å². The predicted octanol–water partition coefficient (Wildman–Crippen LogP) is 3.04. The van der Waals surface area contributed by atoms with Gasteiger partial charge in [-0.05, 0) is 36.0 Å². The highest BCUT2D eigenvalue weighted by Gasteiger charge is 2.14. The average molecular weight is 271 g/mol. The van der Waals surface area contributed by atoms with Crippen LogP contribution >= 0.6 is 11.8 Å². The van der Waals surface area contributed by atoms with Gasteiger partial charge < -0.3 is 9.52 Å². The first-order valence-electron chi connectivity index (χ1n) is 5.59. The van der Waals surface area contributed by atoms with Crippen molar-refractivity contribution < 1.29 is 9.52 Å². The second-order valence-corrected chi connectivity index (χ2v) is 4.83. The van der Waals surface area contributed by atoms with E-state index in [4.69, 9.17) is 4.42 Å². The van der Waals surface area contributed by atoms with Gasteiger partial charge in [0, 0.05) is 6.20 Å². The van der Waals surface area contributed by atoms with Crippen LogP contribution in [0.5, 0.6) is 5.75 Å². The van der Waals surface area contributed by atoms with E-state index in [0.29, 0.717) is 16.0 Å². The number of aromatic nitrogens is 1. The highest BCUT2D eigenvalue weighted by molar-refractivity contribution is 7.99. The van der Waals surface area contributed by atoms with E-state index in [-0.39, 0.29) is 10.8 Å². The first-order valence-corrected chi connectivity index (χ1v) is 6.41. The Bertz CT molecular complexity index is 784. The number of fused-ring (bicyclic) bond motifs is 1. The zero-order valence-corrected chi connectivity index (χ0v) is 10.6. The van der Waals surface area contributed by atoms with Crippen molar-refractivity contribution in [1.29, 1.82) is 0 Å². The number of para-hydroxylation sites is 1. The lowest BCUT2D eigenvalue weighted by molar-refractivity contribution is 0.390. The summed E-state index contributed by atoms with van der Waals surface area (Å²) in [4.78, 5) is 16.1. The van der Waals surface area contributed by atoms with Crippen molar-refractivity contribution in [2.24, 2.45) is 0 Å². The molecule has 0 saturated carbocycles. The number of nitrogens with zero attached hydrogens (tertiary/aromatic N) is 1. The number of benzene rings is 1. The fraction of sp³-hybridized carbons (Fsp3) is 0. The van der Waals surface area contributed by atoms with E-state index >= 15 is 0 Å². The van der Waals surface area contributed by atoms with Gasteiger partial charge in [-0.3, -0.25) is 4.79 Å². The van der Waals surface area contributed by atoms with E-state index in [0.717, 1.165) is 11.8 Å². The monoisotopic (exact) mass is 271 g/mol. The molecule has 94 valence electrons. The molecule has 2 heterocycles. The van der Waals surface area contributed by atoms with Crippen molar-refractivity contribution in [1.82, 2.24) is 4.98 Å². The standard InChI is InChI=1S/C14H9NO3S/c16-12-9-5-1-2-6-10(9)18-14(13(12)17)19-11-7-3-4-8-15-11/h1-8,17H. The van der Waals surface area contributed by atoms with Gasteiger partial charge in [-0.25, -0.2) is 4.98 Å². The van der Waals surface area contributed by atoms with Crippen LogP contribution in [0.15, 0.2) is 68.0 Å². The average Bonchev–Trinajstić information content (AvgIpc) is 2.46. The van der Waals surface area contributed by atoms with Crippen molar-refractivity contribution in [3.05, 3.63) is 58.9 Å². The molecule has 2 aromatic heterocycles. The van der Waals surface area contributed by atoms with Crippen molar-refractivity contribution in [2.75, 3.05) is 0 Å². The molecule has 3 aromatic rings. The summed E-state index contributed by atoms with van der Waals surface area (Å²) < 4.78 is 5.55. The molecule has 0 amide bonds. The third-order valence-electron chi connectivity index (χ3n) is 2.58. The summed E-state index contributed by atoms with van der Waals surface area (Å²) in [7, 11) is 0. The summed E-state index contributed by atoms with van der Waals surface area (Å²) in [5, 5.41) is 11.1. The molecule has 5 heteroatoms. The third-order valence-corrected chi connectivity index (χ3v) is 3.49. The van der Waals surface area contributed by atoms with E-state index < -0.39 is 5.43 Å². The number of aromatic hydroxyl groups is 1. The van der Waals surface area contributed by atoms with Gasteiger partial charge in [-0.15, -0.1) is 0 Å². The lowest BCUT2D eigenvalue weighted by Crippen LogP contribution is -2.01. The Balaban J connectivity index is 2.14. The summed E-state index contributed by atoms with van der Waals surface area (Å²) in [6.45, 7) is 0. The van der Waals surface area contributed by atoms with Gasteiger partial charge in [-0.1, -0.05) is 18.2 Å². The molecule has 1 N–H and O–H groups in total. The fourth-order valence-electron chi connectivity index (χ4n) is 1.68. The Morgan fingerprint density at radius 2 is 1.89 bits per heavy atom. The number of pyridine rings is 1. The van der Waals surface area contributed by atoms with Gasteiger partial charge >= 0.3 is 0 Å². The molecule has 0 aliphatic heterocycles. The molecule has 4 nitrogen and oxygen atoms in total. The second-order valence-electron chi connectivity index (χ2n) is 3.83. The highest BCUT2D eigenvalue weighted by Crippen LogP contribution is 2.33. The van der Waals surface area contributed by atoms with Gasteiger partial charge in [0.25, 0.3) is 0 Å². The zero-order chi connectivity index (χ0) is 13.2. The second kappa shape index (κ2) is 4.78. The van der Waals surface area contributed by atoms with Crippen molar-refractivity contribution in [3.63, 3.8) is 0 Å². The lowest BCUT2D eigenvalue weighted by atomic mass is 10.2. The van der Waals surface area contributed by atoms with Gasteiger partial charge in [-0.2, -0.15) is 0 Å². The Morgan fingerprint density at radius 3 is 2.68 bits per heavy atom. The number of hydrogen-bond acceptors (Lipinski definition) is 5. The largest absolute Gasteiger partial charge is 0.501 e. The summed E-state index contributed by atoms with van der Waals surface area (Å²) in [5.74, 6) is -0.380. The summed E-state index contributed by atoms with van der Waals surface area (Å²) in [6.07, 6.45) is 1.64. The normalized spacial score (nSPS) is 10.7. The molecule has 0 aliphatic carbocycles. The van der Waals surface area contributed by atoms with Crippen LogP contribution in [0.2, 0.25) is 0 Å². The van der Waals surface area contributed by atoms with Crippen molar-refractivity contribution in [2.45, 2.75) is 10.1 Å². The molecular weight excluding hydrogens is 262 g/mol. The molecule has 3 rings (SSSR count). The first kappa shape index (κ1) is 11.8. The molecule has 0 bridgehead atoms. The van der Waals surface area contributed by atoms with Crippen molar-refractivity contribution in [3.8, 4) is 5.75 Å². The summed E-state index contributed by atoms with van der Waals surface area (Å²) >= 11 is 1.12. The Morgan fingerprint density at radius 1 is 1.11 bits per heavy atom. The fourth-order valence-corrected chi connectivity index (χ4v) is 2.45. The quantitative estimate of drug-likeness (QED) is 0.776. The van der Waals surface area contributed by atoms with E-state index in [2.05, 4.69) is 4.98 Å². The van der Waals surface area contributed by atoms with Crippen LogP contribution in [-0.2, 0) is 0 Å². The SMILES string of the molecule is O=c1c(O)c(Sc2ccccn2)oc2ccccc12. The first-order chi connectivity index (χ1) is 9.25. The molecule has 0 fully saturated rings. The van der Waals surface area contributed by atoms with E-state index in [9.17, 15) is 9.90 Å². The lowest BCUT2D eigenvalue weighted by Gasteiger charge is -2.04. The molecular formula is C14H9NO3S. The summed E-state index contributed by atoms with van der Waals surface area (Å²) in [6, 6.07) is 12.2. The maximum Gasteiger partial charge on any atom is 0.235 e. The van der Waals surface area contributed by atoms with Gasteiger partial charge in [0.15, 0.2) is 0 Å². The Labute approximate surface area is 112 Å². The molecule has 0 aliphatic rings. The molecule has 0 unspecified atom stereocenters. The minimum absolute atomic E-state index is 0.155. The topological polar surface area (TPSA) is 63.3 Å². The van der Waals surface area contributed by atoms with Gasteiger partial charge in [0.2, 0.25) is 16.3 Å². The van der Waals surface area contributed by atoms with Crippen LogP contribution in [0.25, 0.3) is 11.0 Å². The molecule has 19 heavy (non-hydrogen) atoms. The van der Waals surface area contributed by atoms with Crippen LogP contribution in [0.4, 0.5) is 0 Å². The molecule has 1 aromatic carbocycles. The zero-order valence-electron chi connectivity index (χ0n) is 9.74. The van der Waals surface area contributed by atoms with Gasteiger partial charge in [0.05, 0.1) is 5.39 Å². The minimum atomic E-state index is -0.430. The molecule has 0 saturated heterocycles. The van der Waals surface area contributed by atoms with E-state index in [1.807, 2.05) is 6.07 Å². The maximum atomic E-state index is 12.0.